The van der Waals surface area contributed by atoms with Gasteiger partial charge in [-0.3, -0.25) is 5.11 Å². The number of pyridine rings is 1. The Morgan fingerprint density at radius 1 is 1.06 bits per heavy atom. The molecule has 0 aliphatic heterocycles. The summed E-state index contributed by atoms with van der Waals surface area (Å²) in [6, 6.07) is 3.24. The monoisotopic (exact) mass is 240 g/mol. The second kappa shape index (κ2) is 4.00. The largest absolute Gasteiger partial charge is 0.433 e. The van der Waals surface area contributed by atoms with Crippen molar-refractivity contribution in [1.29, 1.82) is 0 Å². The van der Waals surface area contributed by atoms with Gasteiger partial charge in [0.15, 0.2) is 5.82 Å². The van der Waals surface area contributed by atoms with Crippen molar-refractivity contribution in [2.45, 2.75) is 6.18 Å². The molecule has 4 nitrogen and oxygen atoms in total. The first-order chi connectivity index (χ1) is 7.97. The average molecular weight is 240 g/mol. The van der Waals surface area contributed by atoms with Crippen LogP contribution < -0.4 is 0 Å². The van der Waals surface area contributed by atoms with Crippen LogP contribution in [0.15, 0.2) is 30.6 Å². The summed E-state index contributed by atoms with van der Waals surface area (Å²) in [6.07, 6.45) is -2.38. The number of hydrogen-bond acceptors (Lipinski definition) is 3. The van der Waals surface area contributed by atoms with Crippen LogP contribution in [0.4, 0.5) is 13.2 Å². The fraction of sp³-hybridized carbons (Fsp3) is 0.100. The van der Waals surface area contributed by atoms with E-state index in [-0.39, 0.29) is 11.4 Å². The Morgan fingerprint density at radius 3 is 2.41 bits per heavy atom. The van der Waals surface area contributed by atoms with Gasteiger partial charge in [0.05, 0.1) is 0 Å². The highest BCUT2D eigenvalue weighted by Crippen LogP contribution is 2.28. The molecule has 2 heterocycles. The number of halogens is 3. The van der Waals surface area contributed by atoms with Crippen molar-refractivity contribution in [3.63, 3.8) is 0 Å². The molecule has 0 aromatic carbocycles. The summed E-state index contributed by atoms with van der Waals surface area (Å²) in [5, 5.41) is 10.7. The van der Waals surface area contributed by atoms with E-state index in [1.165, 1.54) is 6.07 Å². The van der Waals surface area contributed by atoms with Gasteiger partial charge in [-0.05, 0) is 12.1 Å². The molecule has 0 saturated heterocycles. The Morgan fingerprint density at radius 2 is 1.82 bits per heavy atom. The zero-order chi connectivity index (χ0) is 12.5. The van der Waals surface area contributed by atoms with Crippen LogP contribution in [0.5, 0.6) is 5.88 Å². The molecule has 0 saturated carbocycles. The number of rotatable bonds is 1. The Balaban J connectivity index is 2.43. The highest BCUT2D eigenvalue weighted by molar-refractivity contribution is 5.53. The summed E-state index contributed by atoms with van der Waals surface area (Å²) in [7, 11) is 0. The number of hydrogen-bond donors (Lipinski definition) is 0. The minimum absolute atomic E-state index is 0.118. The molecule has 7 heteroatoms. The van der Waals surface area contributed by atoms with E-state index in [0.29, 0.717) is 0 Å². The third kappa shape index (κ3) is 2.49. The first-order valence-corrected chi connectivity index (χ1v) is 4.50. The van der Waals surface area contributed by atoms with E-state index in [2.05, 4.69) is 15.0 Å². The van der Waals surface area contributed by atoms with Crippen molar-refractivity contribution in [2.75, 3.05) is 0 Å². The molecule has 2 rings (SSSR count). The van der Waals surface area contributed by atoms with Crippen molar-refractivity contribution < 1.29 is 18.3 Å². The zero-order valence-corrected chi connectivity index (χ0v) is 8.27. The summed E-state index contributed by atoms with van der Waals surface area (Å²) >= 11 is 0. The van der Waals surface area contributed by atoms with E-state index in [4.69, 9.17) is 0 Å². The van der Waals surface area contributed by atoms with Gasteiger partial charge in [0.2, 0.25) is 0 Å². The van der Waals surface area contributed by atoms with Gasteiger partial charge in [-0.1, -0.05) is 0 Å². The highest BCUT2D eigenvalue weighted by Gasteiger charge is 2.32. The lowest BCUT2D eigenvalue weighted by atomic mass is 10.2. The predicted molar refractivity (Wildman–Crippen MR) is 50.4 cm³/mol. The lowest BCUT2D eigenvalue weighted by Gasteiger charge is -2.06. The molecule has 87 valence electrons. The maximum atomic E-state index is 12.4. The van der Waals surface area contributed by atoms with Crippen molar-refractivity contribution in [3.05, 3.63) is 36.3 Å². The third-order valence-electron chi connectivity index (χ3n) is 1.94. The van der Waals surface area contributed by atoms with Crippen LogP contribution in [0, 0.1) is 0 Å². The fourth-order valence-electron chi connectivity index (χ4n) is 1.17. The molecule has 0 amide bonds. The molecule has 2 aromatic heterocycles. The fourth-order valence-corrected chi connectivity index (χ4v) is 1.17. The van der Waals surface area contributed by atoms with Gasteiger partial charge in [0.1, 0.15) is 5.69 Å². The average Bonchev–Trinajstić information content (AvgIpc) is 2.29. The van der Waals surface area contributed by atoms with Crippen LogP contribution in [-0.2, 0) is 11.3 Å². The van der Waals surface area contributed by atoms with Gasteiger partial charge < -0.3 is 0 Å². The van der Waals surface area contributed by atoms with E-state index in [0.717, 1.165) is 24.5 Å². The Bertz CT molecular complexity index is 525. The summed E-state index contributed by atoms with van der Waals surface area (Å²) in [4.78, 5) is 10.5. The molecule has 0 spiro atoms. The van der Waals surface area contributed by atoms with E-state index in [9.17, 15) is 18.3 Å². The second-order valence-electron chi connectivity index (χ2n) is 3.15. The molecular formula is C10H5F3N3O. The molecule has 17 heavy (non-hydrogen) atoms. The quantitative estimate of drug-likeness (QED) is 0.769. The molecule has 0 N–H and O–H groups in total. The maximum Gasteiger partial charge on any atom is 0.433 e. The Kier molecular flexibility index (Phi) is 2.66. The Hall–Kier alpha value is -2.18. The minimum atomic E-state index is -4.52. The summed E-state index contributed by atoms with van der Waals surface area (Å²) in [5.41, 5.74) is -0.774. The van der Waals surface area contributed by atoms with Crippen LogP contribution >= 0.6 is 0 Å². The van der Waals surface area contributed by atoms with E-state index in [1.54, 1.807) is 0 Å². The van der Waals surface area contributed by atoms with Gasteiger partial charge in [0, 0.05) is 24.0 Å². The molecule has 0 fully saturated rings. The van der Waals surface area contributed by atoms with Crippen LogP contribution in [0.3, 0.4) is 0 Å². The maximum absolute atomic E-state index is 12.4. The minimum Gasteiger partial charge on any atom is -0.267 e. The SMILES string of the molecule is [O]c1ccc(-c2nccc(C(F)(F)F)n2)cn1. The van der Waals surface area contributed by atoms with Crippen molar-refractivity contribution in [1.82, 2.24) is 15.0 Å². The standard InChI is InChI=1S/C10H5F3N3O/c11-10(12,13)7-3-4-14-9(16-7)6-1-2-8(17)15-5-6/h1-5H. The number of alkyl halides is 3. The molecule has 0 atom stereocenters. The molecule has 0 bridgehead atoms. The second-order valence-corrected chi connectivity index (χ2v) is 3.15. The van der Waals surface area contributed by atoms with Crippen LogP contribution in [0.1, 0.15) is 5.69 Å². The summed E-state index contributed by atoms with van der Waals surface area (Å²) in [6.45, 7) is 0. The van der Waals surface area contributed by atoms with Crippen LogP contribution in [-0.4, -0.2) is 15.0 Å². The summed E-state index contributed by atoms with van der Waals surface area (Å²) < 4.78 is 37.2. The first-order valence-electron chi connectivity index (χ1n) is 4.50. The van der Waals surface area contributed by atoms with Gasteiger partial charge >= 0.3 is 6.18 Å². The van der Waals surface area contributed by atoms with Gasteiger partial charge in [-0.15, -0.1) is 0 Å². The number of nitrogens with zero attached hydrogens (tertiary/aromatic N) is 3. The molecular weight excluding hydrogens is 235 g/mol. The lowest BCUT2D eigenvalue weighted by molar-refractivity contribution is -0.141. The normalized spacial score (nSPS) is 11.5. The van der Waals surface area contributed by atoms with Gasteiger partial charge in [-0.25, -0.2) is 15.0 Å². The van der Waals surface area contributed by atoms with Crippen molar-refractivity contribution >= 4 is 0 Å². The van der Waals surface area contributed by atoms with Crippen LogP contribution in [0.25, 0.3) is 11.4 Å². The third-order valence-corrected chi connectivity index (χ3v) is 1.94. The van der Waals surface area contributed by atoms with E-state index >= 15 is 0 Å². The molecule has 0 aliphatic rings. The molecule has 2 aromatic rings. The van der Waals surface area contributed by atoms with Gasteiger partial charge in [0.25, 0.3) is 5.88 Å². The topological polar surface area (TPSA) is 58.6 Å². The highest BCUT2D eigenvalue weighted by atomic mass is 19.4. The molecule has 1 radical (unpaired) electrons. The van der Waals surface area contributed by atoms with Gasteiger partial charge in [-0.2, -0.15) is 13.2 Å². The van der Waals surface area contributed by atoms with Crippen molar-refractivity contribution in [2.24, 2.45) is 0 Å². The van der Waals surface area contributed by atoms with Crippen molar-refractivity contribution in [3.8, 4) is 17.3 Å². The van der Waals surface area contributed by atoms with E-state index < -0.39 is 17.8 Å². The molecule has 0 aliphatic carbocycles. The smallest absolute Gasteiger partial charge is 0.267 e. The first kappa shape index (κ1) is 11.3. The van der Waals surface area contributed by atoms with E-state index in [1.807, 2.05) is 0 Å². The number of aromatic nitrogens is 3. The Labute approximate surface area is 93.8 Å². The predicted octanol–water partition coefficient (Wildman–Crippen LogP) is 2.70. The van der Waals surface area contributed by atoms with Crippen LogP contribution in [0.2, 0.25) is 0 Å². The molecule has 0 unspecified atom stereocenters. The zero-order valence-electron chi connectivity index (χ0n) is 8.27. The summed E-state index contributed by atoms with van der Waals surface area (Å²) in [5.74, 6) is -0.590. The lowest BCUT2D eigenvalue weighted by Crippen LogP contribution is -2.08.